The van der Waals surface area contributed by atoms with Crippen LogP contribution in [0.1, 0.15) is 23.1 Å². The molecule has 0 saturated carbocycles. The van der Waals surface area contributed by atoms with E-state index in [1.54, 1.807) is 13.2 Å². The lowest BCUT2D eigenvalue weighted by atomic mass is 9.99. The van der Waals surface area contributed by atoms with Gasteiger partial charge in [0.05, 0.1) is 24.7 Å². The third-order valence-corrected chi connectivity index (χ3v) is 3.27. The van der Waals surface area contributed by atoms with Crippen molar-refractivity contribution in [3.63, 3.8) is 0 Å². The zero-order valence-corrected chi connectivity index (χ0v) is 10.5. The first kappa shape index (κ1) is 12.4. The number of ether oxygens (including phenoxy) is 2. The Morgan fingerprint density at radius 2 is 2.00 bits per heavy atom. The van der Waals surface area contributed by atoms with Gasteiger partial charge in [0.1, 0.15) is 0 Å². The summed E-state index contributed by atoms with van der Waals surface area (Å²) in [6, 6.07) is 1.65. The minimum atomic E-state index is -0.458. The first-order chi connectivity index (χ1) is 8.60. The molecule has 0 fully saturated rings. The first-order valence-electron chi connectivity index (χ1n) is 5.70. The normalized spacial score (nSPS) is 13.0. The fourth-order valence-corrected chi connectivity index (χ4v) is 2.46. The second kappa shape index (κ2) is 4.68. The van der Waals surface area contributed by atoms with Gasteiger partial charge in [-0.3, -0.25) is 10.1 Å². The van der Waals surface area contributed by atoms with Crippen LogP contribution in [-0.2, 0) is 12.8 Å². The molecule has 0 atom stereocenters. The summed E-state index contributed by atoms with van der Waals surface area (Å²) in [5, 5.41) is 10.9. The number of fused-ring (bicyclic) bond motifs is 1. The monoisotopic (exact) mass is 249 g/mol. The van der Waals surface area contributed by atoms with Gasteiger partial charge < -0.3 is 9.47 Å². The molecule has 0 heterocycles. The highest BCUT2D eigenvalue weighted by Crippen LogP contribution is 2.42. The molecule has 0 radical (unpaired) electrons. The van der Waals surface area contributed by atoms with Crippen molar-refractivity contribution in [1.82, 2.24) is 0 Å². The molecular formula is C13H15NO4. The van der Waals surface area contributed by atoms with E-state index in [-0.39, 0.29) is 5.70 Å². The molecule has 1 aliphatic rings. The number of rotatable bonds is 4. The van der Waals surface area contributed by atoms with E-state index in [2.05, 4.69) is 6.58 Å². The second-order valence-electron chi connectivity index (χ2n) is 4.17. The van der Waals surface area contributed by atoms with Crippen LogP contribution in [0.5, 0.6) is 11.5 Å². The molecule has 0 saturated heterocycles. The highest BCUT2D eigenvalue weighted by molar-refractivity contribution is 5.68. The highest BCUT2D eigenvalue weighted by Gasteiger charge is 2.27. The summed E-state index contributed by atoms with van der Waals surface area (Å²) >= 11 is 0. The van der Waals surface area contributed by atoms with Crippen LogP contribution in [0.2, 0.25) is 0 Å². The molecule has 0 spiro atoms. The van der Waals surface area contributed by atoms with Crippen LogP contribution in [-0.4, -0.2) is 19.1 Å². The molecule has 96 valence electrons. The van der Waals surface area contributed by atoms with E-state index >= 15 is 0 Å². The van der Waals surface area contributed by atoms with Crippen LogP contribution in [0.3, 0.4) is 0 Å². The predicted molar refractivity (Wildman–Crippen MR) is 67.6 cm³/mol. The number of nitrogens with zero attached hydrogens (tertiary/aromatic N) is 1. The van der Waals surface area contributed by atoms with Gasteiger partial charge in [-0.1, -0.05) is 0 Å². The first-order valence-corrected chi connectivity index (χ1v) is 5.70. The van der Waals surface area contributed by atoms with Crippen molar-refractivity contribution in [1.29, 1.82) is 0 Å². The Morgan fingerprint density at radius 3 is 2.56 bits per heavy atom. The van der Waals surface area contributed by atoms with Gasteiger partial charge in [-0.25, -0.2) is 0 Å². The van der Waals surface area contributed by atoms with Gasteiger partial charge in [-0.05, 0) is 37.5 Å². The fourth-order valence-electron chi connectivity index (χ4n) is 2.46. The van der Waals surface area contributed by atoms with Gasteiger partial charge in [0, 0.05) is 5.56 Å². The summed E-state index contributed by atoms with van der Waals surface area (Å²) in [5.74, 6) is 1.21. The van der Waals surface area contributed by atoms with Gasteiger partial charge in [-0.15, -0.1) is 0 Å². The standard InChI is InChI=1S/C13H15NO4/c1-8(14(15)16)11-7-12(17-2)13(18-3)10-6-4-5-9(10)11/h7H,1,4-6H2,2-3H3. The van der Waals surface area contributed by atoms with Crippen LogP contribution < -0.4 is 9.47 Å². The molecule has 2 rings (SSSR count). The molecule has 0 amide bonds. The van der Waals surface area contributed by atoms with E-state index in [4.69, 9.17) is 9.47 Å². The predicted octanol–water partition coefficient (Wildman–Crippen LogP) is 2.44. The fraction of sp³-hybridized carbons (Fsp3) is 0.385. The number of benzene rings is 1. The number of hydrogen-bond donors (Lipinski definition) is 0. The molecule has 0 N–H and O–H groups in total. The Morgan fingerprint density at radius 1 is 1.33 bits per heavy atom. The van der Waals surface area contributed by atoms with E-state index < -0.39 is 4.92 Å². The molecule has 5 heteroatoms. The van der Waals surface area contributed by atoms with Crippen molar-refractivity contribution < 1.29 is 14.4 Å². The summed E-state index contributed by atoms with van der Waals surface area (Å²) in [6.07, 6.45) is 2.64. The minimum Gasteiger partial charge on any atom is -0.493 e. The Kier molecular flexibility index (Phi) is 3.23. The number of methoxy groups -OCH3 is 2. The molecule has 0 unspecified atom stereocenters. The summed E-state index contributed by atoms with van der Waals surface area (Å²) in [4.78, 5) is 10.4. The topological polar surface area (TPSA) is 61.6 Å². The summed E-state index contributed by atoms with van der Waals surface area (Å²) in [6.45, 7) is 3.54. The lowest BCUT2D eigenvalue weighted by molar-refractivity contribution is -0.375. The van der Waals surface area contributed by atoms with E-state index in [0.717, 1.165) is 30.4 Å². The van der Waals surface area contributed by atoms with Crippen LogP contribution in [0.25, 0.3) is 5.70 Å². The third kappa shape index (κ3) is 1.81. The quantitative estimate of drug-likeness (QED) is 0.607. The Labute approximate surface area is 105 Å². The van der Waals surface area contributed by atoms with E-state index in [0.29, 0.717) is 17.1 Å². The van der Waals surface area contributed by atoms with Gasteiger partial charge in [0.25, 0.3) is 5.70 Å². The number of hydrogen-bond acceptors (Lipinski definition) is 4. The summed E-state index contributed by atoms with van der Waals surface area (Å²) < 4.78 is 10.6. The largest absolute Gasteiger partial charge is 0.493 e. The average molecular weight is 249 g/mol. The SMILES string of the molecule is C=C(c1cc(OC)c(OC)c2c1CCC2)[N+](=O)[O-]. The van der Waals surface area contributed by atoms with E-state index in [9.17, 15) is 10.1 Å². The van der Waals surface area contributed by atoms with Crippen molar-refractivity contribution in [3.05, 3.63) is 39.4 Å². The molecule has 1 aromatic carbocycles. The molecule has 18 heavy (non-hydrogen) atoms. The van der Waals surface area contributed by atoms with Crippen molar-refractivity contribution >= 4 is 5.70 Å². The molecule has 0 bridgehead atoms. The smallest absolute Gasteiger partial charge is 0.269 e. The van der Waals surface area contributed by atoms with Gasteiger partial charge >= 0.3 is 0 Å². The molecule has 0 aliphatic heterocycles. The Balaban J connectivity index is 2.65. The van der Waals surface area contributed by atoms with Crippen molar-refractivity contribution in [3.8, 4) is 11.5 Å². The van der Waals surface area contributed by atoms with Gasteiger partial charge in [-0.2, -0.15) is 0 Å². The summed E-state index contributed by atoms with van der Waals surface area (Å²) in [7, 11) is 3.11. The number of nitro groups is 1. The molecule has 1 aliphatic carbocycles. The maximum atomic E-state index is 10.9. The van der Waals surface area contributed by atoms with E-state index in [1.165, 1.54) is 7.11 Å². The van der Waals surface area contributed by atoms with Gasteiger partial charge in [0.2, 0.25) is 0 Å². The van der Waals surface area contributed by atoms with Crippen LogP contribution in [0.4, 0.5) is 0 Å². The lowest BCUT2D eigenvalue weighted by Gasteiger charge is -2.14. The Bertz CT molecular complexity index is 522. The molecule has 0 aromatic heterocycles. The van der Waals surface area contributed by atoms with Crippen LogP contribution in [0, 0.1) is 10.1 Å². The van der Waals surface area contributed by atoms with Crippen LogP contribution in [0.15, 0.2) is 12.6 Å². The molecular weight excluding hydrogens is 234 g/mol. The third-order valence-electron chi connectivity index (χ3n) is 3.27. The maximum absolute atomic E-state index is 10.9. The molecule has 1 aromatic rings. The zero-order valence-electron chi connectivity index (χ0n) is 10.5. The zero-order chi connectivity index (χ0) is 13.3. The van der Waals surface area contributed by atoms with Crippen molar-refractivity contribution in [2.45, 2.75) is 19.3 Å². The highest BCUT2D eigenvalue weighted by atomic mass is 16.6. The minimum absolute atomic E-state index is 0.0888. The van der Waals surface area contributed by atoms with Crippen molar-refractivity contribution in [2.24, 2.45) is 0 Å². The lowest BCUT2D eigenvalue weighted by Crippen LogP contribution is -2.03. The van der Waals surface area contributed by atoms with E-state index in [1.807, 2.05) is 0 Å². The maximum Gasteiger partial charge on any atom is 0.269 e. The second-order valence-corrected chi connectivity index (χ2v) is 4.17. The van der Waals surface area contributed by atoms with Crippen molar-refractivity contribution in [2.75, 3.05) is 14.2 Å². The molecule has 5 nitrogen and oxygen atoms in total. The Hall–Kier alpha value is -2.04. The van der Waals surface area contributed by atoms with Crippen LogP contribution >= 0.6 is 0 Å². The average Bonchev–Trinajstić information content (AvgIpc) is 2.84. The van der Waals surface area contributed by atoms with Gasteiger partial charge in [0.15, 0.2) is 11.5 Å². The summed E-state index contributed by atoms with van der Waals surface area (Å²) in [5.41, 5.74) is 2.45.